The minimum absolute atomic E-state index is 0.0721. The van der Waals surface area contributed by atoms with Gasteiger partial charge in [-0.15, -0.1) is 0 Å². The normalized spacial score (nSPS) is 13.7. The van der Waals surface area contributed by atoms with Crippen LogP contribution in [0.2, 0.25) is 0 Å². The van der Waals surface area contributed by atoms with Gasteiger partial charge in [0.2, 0.25) is 0 Å². The second-order valence-corrected chi connectivity index (χ2v) is 9.09. The number of carbonyl (C=O) groups excluding carboxylic acids is 1. The highest BCUT2D eigenvalue weighted by molar-refractivity contribution is 6.05. The van der Waals surface area contributed by atoms with Gasteiger partial charge in [-0.25, -0.2) is 23.4 Å². The van der Waals surface area contributed by atoms with Crippen molar-refractivity contribution in [3.8, 4) is 29.2 Å². The lowest BCUT2D eigenvalue weighted by atomic mass is 10.2. The number of nitrogens with zero attached hydrogens (tertiary/aromatic N) is 5. The van der Waals surface area contributed by atoms with Gasteiger partial charge in [-0.3, -0.25) is 9.69 Å². The van der Waals surface area contributed by atoms with Crippen molar-refractivity contribution >= 4 is 17.4 Å². The highest BCUT2D eigenvalue weighted by Gasteiger charge is 2.41. The number of hydrogen-bond donors (Lipinski definition) is 2. The number of nitrogens with one attached hydrogen (secondary N) is 1. The summed E-state index contributed by atoms with van der Waals surface area (Å²) in [5, 5.41) is 5.72. The first-order chi connectivity index (χ1) is 20.6. The second-order valence-electron chi connectivity index (χ2n) is 9.09. The standard InChI is InChI=1S/C28H22F5N7O3/c29-20-4-1-8-36-26(20)40-24(28(31,32)33)19(16-37-40)27(41)38-17-5-6-23(21(30)15-17)43-22-7-9-35-25(34)18(22)3-2-10-39-11-13-42-14-12-39/h1,4-9,15-16H,10-14H2,(H2,34,35)(H,38,41). The summed E-state index contributed by atoms with van der Waals surface area (Å²) < 4.78 is 82.1. The van der Waals surface area contributed by atoms with Gasteiger partial charge in [-0.05, 0) is 24.3 Å². The number of aromatic nitrogens is 4. The molecule has 0 spiro atoms. The van der Waals surface area contributed by atoms with Crippen LogP contribution in [0.15, 0.2) is 55.0 Å². The quantitative estimate of drug-likeness (QED) is 0.249. The molecule has 1 aliphatic heterocycles. The van der Waals surface area contributed by atoms with Gasteiger partial charge in [0.05, 0.1) is 31.5 Å². The fourth-order valence-corrected chi connectivity index (χ4v) is 4.13. The molecule has 0 unspecified atom stereocenters. The molecule has 1 aromatic carbocycles. The number of ether oxygens (including phenoxy) is 2. The number of nitrogen functional groups attached to an aromatic ring is 1. The van der Waals surface area contributed by atoms with Gasteiger partial charge in [0.15, 0.2) is 28.9 Å². The van der Waals surface area contributed by atoms with Gasteiger partial charge in [-0.2, -0.15) is 18.3 Å². The number of hydrogen-bond acceptors (Lipinski definition) is 8. The average Bonchev–Trinajstić information content (AvgIpc) is 3.43. The van der Waals surface area contributed by atoms with E-state index in [4.69, 9.17) is 15.2 Å². The fourth-order valence-electron chi connectivity index (χ4n) is 4.13. The number of pyridine rings is 2. The van der Waals surface area contributed by atoms with Crippen molar-refractivity contribution in [2.24, 2.45) is 0 Å². The maximum absolute atomic E-state index is 15.0. The Bertz CT molecular complexity index is 1710. The summed E-state index contributed by atoms with van der Waals surface area (Å²) in [5.41, 5.74) is 3.56. The van der Waals surface area contributed by atoms with Crippen LogP contribution >= 0.6 is 0 Å². The molecule has 15 heteroatoms. The number of amides is 1. The smallest absolute Gasteiger partial charge is 0.434 e. The van der Waals surface area contributed by atoms with Crippen LogP contribution in [-0.2, 0) is 10.9 Å². The second kappa shape index (κ2) is 12.4. The highest BCUT2D eigenvalue weighted by atomic mass is 19.4. The SMILES string of the molecule is Nc1nccc(Oc2ccc(NC(=O)c3cnn(-c4ncccc4F)c3C(F)(F)F)cc2F)c1C#CCN1CCOCC1. The first-order valence-corrected chi connectivity index (χ1v) is 12.7. The molecule has 0 bridgehead atoms. The summed E-state index contributed by atoms with van der Waals surface area (Å²) in [5.74, 6) is 1.80. The molecule has 1 fully saturated rings. The number of rotatable bonds is 6. The van der Waals surface area contributed by atoms with E-state index >= 15 is 4.39 Å². The van der Waals surface area contributed by atoms with Crippen LogP contribution < -0.4 is 15.8 Å². The van der Waals surface area contributed by atoms with E-state index in [-0.39, 0.29) is 33.2 Å². The molecule has 1 saturated heterocycles. The third-order valence-electron chi connectivity index (χ3n) is 6.19. The summed E-state index contributed by atoms with van der Waals surface area (Å²) in [6, 6.07) is 6.79. The minimum atomic E-state index is -5.11. The van der Waals surface area contributed by atoms with Crippen molar-refractivity contribution < 1.29 is 36.2 Å². The zero-order valence-corrected chi connectivity index (χ0v) is 22.2. The topological polar surface area (TPSA) is 120 Å². The third kappa shape index (κ3) is 6.71. The van der Waals surface area contributed by atoms with Crippen molar-refractivity contribution in [2.45, 2.75) is 6.18 Å². The number of benzene rings is 1. The summed E-state index contributed by atoms with van der Waals surface area (Å²) >= 11 is 0. The summed E-state index contributed by atoms with van der Waals surface area (Å²) in [7, 11) is 0. The molecule has 5 rings (SSSR count). The summed E-state index contributed by atoms with van der Waals surface area (Å²) in [4.78, 5) is 22.5. The van der Waals surface area contributed by atoms with Gasteiger partial charge in [0.1, 0.15) is 17.1 Å². The Kier molecular flexibility index (Phi) is 8.51. The fraction of sp³-hybridized carbons (Fsp3) is 0.214. The molecule has 0 saturated carbocycles. The Hall–Kier alpha value is -5.07. The van der Waals surface area contributed by atoms with E-state index in [1.165, 1.54) is 30.5 Å². The lowest BCUT2D eigenvalue weighted by molar-refractivity contribution is -0.143. The zero-order chi connectivity index (χ0) is 30.6. The molecule has 3 aromatic heterocycles. The van der Waals surface area contributed by atoms with Gasteiger partial charge in [-0.1, -0.05) is 11.8 Å². The number of morpholine rings is 1. The number of carbonyl (C=O) groups is 1. The summed E-state index contributed by atoms with van der Waals surface area (Å²) in [6.45, 7) is 3.14. The Morgan fingerprint density at radius 1 is 1.07 bits per heavy atom. The van der Waals surface area contributed by atoms with E-state index in [1.807, 2.05) is 0 Å². The van der Waals surface area contributed by atoms with E-state index in [0.717, 1.165) is 31.4 Å². The Labute approximate surface area is 241 Å². The van der Waals surface area contributed by atoms with Crippen molar-refractivity contribution in [1.82, 2.24) is 24.6 Å². The molecule has 4 aromatic rings. The predicted molar refractivity (Wildman–Crippen MR) is 144 cm³/mol. The average molecular weight is 600 g/mol. The largest absolute Gasteiger partial charge is 0.453 e. The molecule has 0 atom stereocenters. The van der Waals surface area contributed by atoms with E-state index in [0.29, 0.717) is 26.0 Å². The highest BCUT2D eigenvalue weighted by Crippen LogP contribution is 2.35. The van der Waals surface area contributed by atoms with E-state index in [2.05, 4.69) is 37.1 Å². The molecule has 0 aliphatic carbocycles. The lowest BCUT2D eigenvalue weighted by Gasteiger charge is -2.24. The van der Waals surface area contributed by atoms with Crippen LogP contribution in [0.25, 0.3) is 5.82 Å². The minimum Gasteiger partial charge on any atom is -0.453 e. The monoisotopic (exact) mass is 599 g/mol. The molecule has 4 heterocycles. The van der Waals surface area contributed by atoms with Gasteiger partial charge < -0.3 is 20.5 Å². The molecule has 3 N–H and O–H groups in total. The number of alkyl halides is 3. The molecule has 10 nitrogen and oxygen atoms in total. The van der Waals surface area contributed by atoms with Crippen LogP contribution in [0.3, 0.4) is 0 Å². The van der Waals surface area contributed by atoms with Crippen LogP contribution in [-0.4, -0.2) is 63.4 Å². The van der Waals surface area contributed by atoms with E-state index in [1.54, 1.807) is 0 Å². The molecule has 43 heavy (non-hydrogen) atoms. The lowest BCUT2D eigenvalue weighted by Crippen LogP contribution is -2.36. The number of nitrogens with two attached hydrogens (primary N) is 1. The van der Waals surface area contributed by atoms with Crippen LogP contribution in [0.5, 0.6) is 11.5 Å². The van der Waals surface area contributed by atoms with Gasteiger partial charge in [0, 0.05) is 43.3 Å². The molecule has 1 amide bonds. The molecule has 0 radical (unpaired) electrons. The molecule has 1 aliphatic rings. The molecular weight excluding hydrogens is 577 g/mol. The van der Waals surface area contributed by atoms with Gasteiger partial charge >= 0.3 is 6.18 Å². The maximum Gasteiger partial charge on any atom is 0.434 e. The Balaban J connectivity index is 1.34. The van der Waals surface area contributed by atoms with Crippen LogP contribution in [0.1, 0.15) is 21.6 Å². The first kappa shape index (κ1) is 29.4. The van der Waals surface area contributed by atoms with E-state index < -0.39 is 40.8 Å². The predicted octanol–water partition coefficient (Wildman–Crippen LogP) is 4.27. The first-order valence-electron chi connectivity index (χ1n) is 12.7. The molecule has 222 valence electrons. The van der Waals surface area contributed by atoms with E-state index in [9.17, 15) is 22.4 Å². The third-order valence-corrected chi connectivity index (χ3v) is 6.19. The van der Waals surface area contributed by atoms with Crippen LogP contribution in [0.4, 0.5) is 33.5 Å². The zero-order valence-electron chi connectivity index (χ0n) is 22.2. The van der Waals surface area contributed by atoms with Crippen molar-refractivity contribution in [3.63, 3.8) is 0 Å². The summed E-state index contributed by atoms with van der Waals surface area (Å²) in [6.07, 6.45) is -2.05. The maximum atomic E-state index is 15.0. The Morgan fingerprint density at radius 3 is 2.58 bits per heavy atom. The van der Waals surface area contributed by atoms with Crippen molar-refractivity contribution in [1.29, 1.82) is 0 Å². The molecular formula is C28H22F5N7O3. The number of anilines is 2. The van der Waals surface area contributed by atoms with Crippen LogP contribution in [0, 0.1) is 23.5 Å². The Morgan fingerprint density at radius 2 is 1.86 bits per heavy atom. The number of halogens is 5. The van der Waals surface area contributed by atoms with Crippen molar-refractivity contribution in [2.75, 3.05) is 43.9 Å². The van der Waals surface area contributed by atoms with Gasteiger partial charge in [0.25, 0.3) is 5.91 Å². The van der Waals surface area contributed by atoms with Crippen molar-refractivity contribution in [3.05, 3.63) is 83.4 Å².